The van der Waals surface area contributed by atoms with E-state index in [-0.39, 0.29) is 11.8 Å². The minimum atomic E-state index is -0.722. The monoisotopic (exact) mass is 263 g/mol. The van der Waals surface area contributed by atoms with Gasteiger partial charge in [-0.05, 0) is 50.9 Å². The number of carbonyl (C=O) groups is 1. The summed E-state index contributed by atoms with van der Waals surface area (Å²) in [6.07, 6.45) is 1.62. The zero-order valence-corrected chi connectivity index (χ0v) is 11.5. The summed E-state index contributed by atoms with van der Waals surface area (Å²) in [6.45, 7) is 5.33. The van der Waals surface area contributed by atoms with Crippen LogP contribution in [-0.4, -0.2) is 34.2 Å². The molecule has 0 aromatic heterocycles. The first-order valence-corrected chi connectivity index (χ1v) is 6.69. The van der Waals surface area contributed by atoms with Crippen molar-refractivity contribution in [3.8, 4) is 5.75 Å². The average molecular weight is 263 g/mol. The predicted octanol–water partition coefficient (Wildman–Crippen LogP) is 2.64. The third kappa shape index (κ3) is 2.89. The van der Waals surface area contributed by atoms with Gasteiger partial charge in [0.25, 0.3) is 0 Å². The summed E-state index contributed by atoms with van der Waals surface area (Å²) in [7, 11) is 0. The molecule has 0 saturated carbocycles. The fourth-order valence-electron chi connectivity index (χ4n) is 2.78. The number of aromatic hydroxyl groups is 1. The van der Waals surface area contributed by atoms with Crippen LogP contribution in [0, 0.1) is 5.41 Å². The van der Waals surface area contributed by atoms with Crippen molar-refractivity contribution < 1.29 is 15.0 Å². The third-order valence-corrected chi connectivity index (χ3v) is 4.14. The molecule has 0 aliphatic carbocycles. The van der Waals surface area contributed by atoms with E-state index in [9.17, 15) is 15.0 Å². The molecule has 0 spiro atoms. The summed E-state index contributed by atoms with van der Waals surface area (Å²) in [5.41, 5.74) is 0.359. The number of benzene rings is 1. The van der Waals surface area contributed by atoms with Crippen molar-refractivity contribution in [2.75, 3.05) is 13.1 Å². The van der Waals surface area contributed by atoms with Gasteiger partial charge in [0.05, 0.1) is 5.41 Å². The Hall–Kier alpha value is -1.55. The van der Waals surface area contributed by atoms with Crippen molar-refractivity contribution >= 4 is 5.97 Å². The molecule has 1 fully saturated rings. The highest BCUT2D eigenvalue weighted by Crippen LogP contribution is 2.34. The number of phenolic OH excluding ortho intramolecular Hbond substituents is 1. The zero-order valence-electron chi connectivity index (χ0n) is 11.5. The molecule has 4 heteroatoms. The SMILES string of the molecule is CC(c1cccc(O)c1)N1CCCC(C)(C(=O)O)C1. The highest BCUT2D eigenvalue weighted by atomic mass is 16.4. The second-order valence-electron chi connectivity index (χ2n) is 5.71. The lowest BCUT2D eigenvalue weighted by atomic mass is 9.81. The first kappa shape index (κ1) is 13.9. The number of nitrogens with zero attached hydrogens (tertiary/aromatic N) is 1. The first-order valence-electron chi connectivity index (χ1n) is 6.69. The van der Waals surface area contributed by atoms with Crippen LogP contribution in [0.4, 0.5) is 0 Å². The van der Waals surface area contributed by atoms with E-state index in [0.29, 0.717) is 6.54 Å². The molecule has 1 saturated heterocycles. The Balaban J connectivity index is 2.15. The quantitative estimate of drug-likeness (QED) is 0.880. The first-order chi connectivity index (χ1) is 8.92. The van der Waals surface area contributed by atoms with E-state index in [0.717, 1.165) is 24.9 Å². The van der Waals surface area contributed by atoms with Gasteiger partial charge in [-0.1, -0.05) is 12.1 Å². The number of rotatable bonds is 3. The van der Waals surface area contributed by atoms with Crippen LogP contribution in [0.2, 0.25) is 0 Å². The van der Waals surface area contributed by atoms with Gasteiger partial charge in [0.2, 0.25) is 0 Å². The zero-order chi connectivity index (χ0) is 14.0. The Labute approximate surface area is 113 Å². The molecular formula is C15H21NO3. The maximum atomic E-state index is 11.4. The molecule has 0 radical (unpaired) electrons. The normalized spacial score (nSPS) is 26.0. The van der Waals surface area contributed by atoms with Gasteiger partial charge in [-0.15, -0.1) is 0 Å². The van der Waals surface area contributed by atoms with Gasteiger partial charge in [0.1, 0.15) is 5.75 Å². The standard InChI is InChI=1S/C15H21NO3/c1-11(12-5-3-6-13(17)9-12)16-8-4-7-15(2,10-16)14(18)19/h3,5-6,9,11,17H,4,7-8,10H2,1-2H3,(H,18,19). The number of piperidine rings is 1. The number of phenols is 1. The number of carboxylic acids is 1. The summed E-state index contributed by atoms with van der Waals surface area (Å²) < 4.78 is 0. The summed E-state index contributed by atoms with van der Waals surface area (Å²) in [5, 5.41) is 18.9. The lowest BCUT2D eigenvalue weighted by molar-refractivity contribution is -0.151. The van der Waals surface area contributed by atoms with Crippen LogP contribution < -0.4 is 0 Å². The number of likely N-dealkylation sites (tertiary alicyclic amines) is 1. The second kappa shape index (κ2) is 5.21. The lowest BCUT2D eigenvalue weighted by Gasteiger charge is -2.40. The molecule has 1 aliphatic rings. The van der Waals surface area contributed by atoms with E-state index < -0.39 is 11.4 Å². The summed E-state index contributed by atoms with van der Waals surface area (Å²) in [4.78, 5) is 13.6. The van der Waals surface area contributed by atoms with E-state index in [1.54, 1.807) is 12.1 Å². The van der Waals surface area contributed by atoms with E-state index in [1.165, 1.54) is 0 Å². The Bertz CT molecular complexity index is 474. The molecule has 1 aromatic carbocycles. The highest BCUT2D eigenvalue weighted by molar-refractivity contribution is 5.74. The van der Waals surface area contributed by atoms with E-state index in [2.05, 4.69) is 11.8 Å². The van der Waals surface area contributed by atoms with Crippen LogP contribution in [0.3, 0.4) is 0 Å². The van der Waals surface area contributed by atoms with Crippen molar-refractivity contribution in [1.82, 2.24) is 4.90 Å². The molecule has 0 bridgehead atoms. The topological polar surface area (TPSA) is 60.8 Å². The lowest BCUT2D eigenvalue weighted by Crippen LogP contribution is -2.46. The van der Waals surface area contributed by atoms with Crippen LogP contribution >= 0.6 is 0 Å². The molecular weight excluding hydrogens is 242 g/mol. The molecule has 1 aliphatic heterocycles. The van der Waals surface area contributed by atoms with Crippen LogP contribution in [-0.2, 0) is 4.79 Å². The molecule has 2 rings (SSSR count). The van der Waals surface area contributed by atoms with Gasteiger partial charge in [-0.2, -0.15) is 0 Å². The van der Waals surface area contributed by atoms with Crippen molar-refractivity contribution in [3.05, 3.63) is 29.8 Å². The van der Waals surface area contributed by atoms with Gasteiger partial charge in [0, 0.05) is 12.6 Å². The molecule has 2 atom stereocenters. The minimum Gasteiger partial charge on any atom is -0.508 e. The minimum absolute atomic E-state index is 0.117. The smallest absolute Gasteiger partial charge is 0.310 e. The van der Waals surface area contributed by atoms with Crippen molar-refractivity contribution in [2.45, 2.75) is 32.7 Å². The Morgan fingerprint density at radius 2 is 2.21 bits per heavy atom. The molecule has 1 heterocycles. The number of aliphatic carboxylic acids is 1. The van der Waals surface area contributed by atoms with Crippen molar-refractivity contribution in [3.63, 3.8) is 0 Å². The molecule has 0 amide bonds. The van der Waals surface area contributed by atoms with Crippen molar-refractivity contribution in [1.29, 1.82) is 0 Å². The molecule has 104 valence electrons. The second-order valence-corrected chi connectivity index (χ2v) is 5.71. The number of hydrogen-bond acceptors (Lipinski definition) is 3. The fraction of sp³-hybridized carbons (Fsp3) is 0.533. The number of hydrogen-bond donors (Lipinski definition) is 2. The maximum Gasteiger partial charge on any atom is 0.310 e. The maximum absolute atomic E-state index is 11.4. The Kier molecular flexibility index (Phi) is 3.80. The molecule has 2 N–H and O–H groups in total. The summed E-state index contributed by atoms with van der Waals surface area (Å²) >= 11 is 0. The van der Waals surface area contributed by atoms with Gasteiger partial charge in [0.15, 0.2) is 0 Å². The van der Waals surface area contributed by atoms with Gasteiger partial charge >= 0.3 is 5.97 Å². The third-order valence-electron chi connectivity index (χ3n) is 4.14. The Morgan fingerprint density at radius 1 is 1.47 bits per heavy atom. The van der Waals surface area contributed by atoms with Crippen LogP contribution in [0.1, 0.15) is 38.3 Å². The molecule has 1 aromatic rings. The van der Waals surface area contributed by atoms with Crippen LogP contribution in [0.25, 0.3) is 0 Å². The summed E-state index contributed by atoms with van der Waals surface area (Å²) in [5.74, 6) is -0.470. The predicted molar refractivity (Wildman–Crippen MR) is 73.1 cm³/mol. The van der Waals surface area contributed by atoms with Crippen LogP contribution in [0.5, 0.6) is 5.75 Å². The molecule has 4 nitrogen and oxygen atoms in total. The molecule has 19 heavy (non-hydrogen) atoms. The van der Waals surface area contributed by atoms with Gasteiger partial charge in [-0.25, -0.2) is 0 Å². The van der Waals surface area contributed by atoms with Gasteiger partial charge < -0.3 is 10.2 Å². The molecule has 2 unspecified atom stereocenters. The number of carboxylic acid groups (broad SMARTS) is 1. The average Bonchev–Trinajstić information content (AvgIpc) is 2.38. The van der Waals surface area contributed by atoms with E-state index in [1.807, 2.05) is 19.1 Å². The van der Waals surface area contributed by atoms with Gasteiger partial charge in [-0.3, -0.25) is 9.69 Å². The fourth-order valence-corrected chi connectivity index (χ4v) is 2.78. The Morgan fingerprint density at radius 3 is 2.84 bits per heavy atom. The highest BCUT2D eigenvalue weighted by Gasteiger charge is 2.39. The van der Waals surface area contributed by atoms with E-state index in [4.69, 9.17) is 0 Å². The van der Waals surface area contributed by atoms with E-state index >= 15 is 0 Å². The largest absolute Gasteiger partial charge is 0.508 e. The van der Waals surface area contributed by atoms with Crippen molar-refractivity contribution in [2.24, 2.45) is 5.41 Å². The summed E-state index contributed by atoms with van der Waals surface area (Å²) in [6, 6.07) is 7.30. The van der Waals surface area contributed by atoms with Crippen LogP contribution in [0.15, 0.2) is 24.3 Å².